The van der Waals surface area contributed by atoms with Crippen LogP contribution in [-0.4, -0.2) is 49.7 Å². The van der Waals surface area contributed by atoms with Crippen LogP contribution in [0.3, 0.4) is 0 Å². The largest absolute Gasteiger partial charge is 0.478 e. The van der Waals surface area contributed by atoms with Gasteiger partial charge in [-0.1, -0.05) is 77.3 Å². The van der Waals surface area contributed by atoms with E-state index in [-0.39, 0.29) is 5.56 Å². The van der Waals surface area contributed by atoms with Crippen molar-refractivity contribution in [1.82, 2.24) is 14.5 Å². The highest BCUT2D eigenvalue weighted by Crippen LogP contribution is 2.50. The number of rotatable bonds is 6. The topological polar surface area (TPSA) is 95.7 Å². The number of aromatic nitrogens is 3. The Hall–Kier alpha value is -3.50. The summed E-state index contributed by atoms with van der Waals surface area (Å²) in [5.41, 5.74) is 3.76. The van der Waals surface area contributed by atoms with Gasteiger partial charge in [-0.3, -0.25) is 0 Å². The van der Waals surface area contributed by atoms with E-state index in [1.165, 1.54) is 6.33 Å². The molecule has 0 saturated carbocycles. The highest BCUT2D eigenvalue weighted by molar-refractivity contribution is 6.42. The molecular weight excluding hydrogens is 625 g/mol. The summed E-state index contributed by atoms with van der Waals surface area (Å²) in [5.74, 6) is -2.65. The number of hydrogen-bond donors (Lipinski definition) is 1. The van der Waals surface area contributed by atoms with Crippen LogP contribution in [0.15, 0.2) is 85.3 Å². The quantitative estimate of drug-likeness (QED) is 0.186. The standard InChI is InChI=1S/C33H26Cl3N3O5/c1-33(2)43-27-26(42-31(28(27)44-33)39-13-12-21-29(36)37-16-38-30(21)39)25(19-9-11-23(34)24(35)15-19)22-14-18(8-10-20(22)32(40)41)17-6-4-3-5-7-17/h3-16,25-28,31H,1-2H3,(H,40,41)/t25-,26-,27-,28-,31-/m1/s1. The van der Waals surface area contributed by atoms with Crippen LogP contribution in [0.5, 0.6) is 0 Å². The van der Waals surface area contributed by atoms with E-state index in [0.29, 0.717) is 37.4 Å². The maximum atomic E-state index is 12.7. The molecule has 1 N–H and O–H groups in total. The lowest BCUT2D eigenvalue weighted by atomic mass is 9.80. The van der Waals surface area contributed by atoms with Crippen LogP contribution in [0.2, 0.25) is 15.2 Å². The predicted octanol–water partition coefficient (Wildman–Crippen LogP) is 8.01. The van der Waals surface area contributed by atoms with Crippen LogP contribution >= 0.6 is 34.8 Å². The number of aromatic carboxylic acids is 1. The summed E-state index contributed by atoms with van der Waals surface area (Å²) in [6.45, 7) is 3.69. The predicted molar refractivity (Wildman–Crippen MR) is 167 cm³/mol. The summed E-state index contributed by atoms with van der Waals surface area (Å²) < 4.78 is 21.7. The summed E-state index contributed by atoms with van der Waals surface area (Å²) in [6, 6.07) is 22.2. The van der Waals surface area contributed by atoms with Gasteiger partial charge in [-0.25, -0.2) is 14.8 Å². The molecule has 224 valence electrons. The minimum absolute atomic E-state index is 0.133. The van der Waals surface area contributed by atoms with E-state index in [9.17, 15) is 9.90 Å². The Morgan fingerprint density at radius 2 is 1.68 bits per heavy atom. The van der Waals surface area contributed by atoms with Gasteiger partial charge in [0.25, 0.3) is 0 Å². The Morgan fingerprint density at radius 3 is 2.43 bits per heavy atom. The summed E-state index contributed by atoms with van der Waals surface area (Å²) in [6.07, 6.45) is 0.695. The molecule has 0 radical (unpaired) electrons. The van der Waals surface area contributed by atoms with E-state index in [1.807, 2.05) is 79.2 Å². The average molecular weight is 651 g/mol. The lowest BCUT2D eigenvalue weighted by Gasteiger charge is -2.31. The Balaban J connectivity index is 1.43. The molecule has 8 nitrogen and oxygen atoms in total. The molecule has 5 aromatic rings. The molecule has 2 aromatic heterocycles. The van der Waals surface area contributed by atoms with Gasteiger partial charge in [0.15, 0.2) is 12.0 Å². The van der Waals surface area contributed by atoms with Gasteiger partial charge < -0.3 is 23.9 Å². The monoisotopic (exact) mass is 649 g/mol. The maximum absolute atomic E-state index is 12.7. The molecule has 5 atom stereocenters. The average Bonchev–Trinajstić information content (AvgIpc) is 3.67. The van der Waals surface area contributed by atoms with Crippen LogP contribution in [0.25, 0.3) is 22.2 Å². The first-order chi connectivity index (χ1) is 21.1. The molecule has 0 spiro atoms. The molecule has 7 rings (SSSR count). The molecule has 11 heteroatoms. The van der Waals surface area contributed by atoms with Crippen molar-refractivity contribution in [3.63, 3.8) is 0 Å². The maximum Gasteiger partial charge on any atom is 0.335 e. The van der Waals surface area contributed by atoms with Crippen molar-refractivity contribution < 1.29 is 24.1 Å². The number of hydrogen-bond acceptors (Lipinski definition) is 6. The van der Waals surface area contributed by atoms with Gasteiger partial charge in [0.05, 0.1) is 21.0 Å². The zero-order chi connectivity index (χ0) is 30.7. The van der Waals surface area contributed by atoms with E-state index in [2.05, 4.69) is 9.97 Å². The van der Waals surface area contributed by atoms with Crippen LogP contribution in [0.4, 0.5) is 0 Å². The number of ether oxygens (including phenoxy) is 3. The fraction of sp³-hybridized carbons (Fsp3) is 0.242. The third-order valence-corrected chi connectivity index (χ3v) is 9.20. The number of nitrogens with zero attached hydrogens (tertiary/aromatic N) is 3. The summed E-state index contributed by atoms with van der Waals surface area (Å²) in [4.78, 5) is 21.3. The first-order valence-corrected chi connectivity index (χ1v) is 15.1. The highest BCUT2D eigenvalue weighted by Gasteiger charge is 2.58. The van der Waals surface area contributed by atoms with Crippen LogP contribution < -0.4 is 0 Å². The molecular formula is C33H26Cl3N3O5. The first kappa shape index (κ1) is 29.2. The summed E-state index contributed by atoms with van der Waals surface area (Å²) in [5, 5.41) is 12.1. The summed E-state index contributed by atoms with van der Waals surface area (Å²) in [7, 11) is 0. The second-order valence-corrected chi connectivity index (χ2v) is 12.5. The molecule has 2 aliphatic rings. The Morgan fingerprint density at radius 1 is 0.909 bits per heavy atom. The molecule has 4 heterocycles. The molecule has 0 amide bonds. The Bertz CT molecular complexity index is 1900. The number of halogens is 3. The molecule has 0 bridgehead atoms. The number of carboxylic acid groups (broad SMARTS) is 1. The molecule has 44 heavy (non-hydrogen) atoms. The fourth-order valence-corrected chi connectivity index (χ4v) is 6.82. The van der Waals surface area contributed by atoms with E-state index in [4.69, 9.17) is 49.0 Å². The normalized spacial score (nSPS) is 23.1. The van der Waals surface area contributed by atoms with Crippen LogP contribution in [-0.2, 0) is 14.2 Å². The van der Waals surface area contributed by atoms with E-state index in [1.54, 1.807) is 18.2 Å². The SMILES string of the molecule is CC1(C)O[C@@H]2[C@@H]([C@H](c3ccc(Cl)c(Cl)c3)c3cc(-c4ccccc4)ccc3C(=O)O)O[C@@H](n3ccc4c(Cl)ncnc43)[C@@H]2O1. The van der Waals surface area contributed by atoms with Crippen molar-refractivity contribution in [2.24, 2.45) is 0 Å². The van der Waals surface area contributed by atoms with Crippen molar-refractivity contribution in [2.45, 2.75) is 50.1 Å². The van der Waals surface area contributed by atoms with E-state index >= 15 is 0 Å². The van der Waals surface area contributed by atoms with Gasteiger partial charge >= 0.3 is 5.97 Å². The highest BCUT2D eigenvalue weighted by atomic mass is 35.5. The van der Waals surface area contributed by atoms with Crippen LogP contribution in [0, 0.1) is 0 Å². The van der Waals surface area contributed by atoms with Crippen molar-refractivity contribution in [3.8, 4) is 11.1 Å². The molecule has 0 aliphatic carbocycles. The lowest BCUT2D eigenvalue weighted by Crippen LogP contribution is -2.35. The van der Waals surface area contributed by atoms with E-state index < -0.39 is 42.2 Å². The Kier molecular flexibility index (Phi) is 7.40. The zero-order valence-corrected chi connectivity index (χ0v) is 25.8. The van der Waals surface area contributed by atoms with Gasteiger partial charge in [0.2, 0.25) is 0 Å². The molecule has 2 fully saturated rings. The van der Waals surface area contributed by atoms with Crippen molar-refractivity contribution in [1.29, 1.82) is 0 Å². The minimum atomic E-state index is -1.07. The minimum Gasteiger partial charge on any atom is -0.478 e. The third kappa shape index (κ3) is 5.05. The number of fused-ring (bicyclic) bond motifs is 2. The molecule has 0 unspecified atom stereocenters. The van der Waals surface area contributed by atoms with E-state index in [0.717, 1.165) is 11.1 Å². The third-order valence-electron chi connectivity index (χ3n) is 8.16. The molecule has 2 aliphatic heterocycles. The van der Waals surface area contributed by atoms with Crippen molar-refractivity contribution >= 4 is 51.8 Å². The van der Waals surface area contributed by atoms with Gasteiger partial charge in [0.1, 0.15) is 35.4 Å². The van der Waals surface area contributed by atoms with Crippen molar-refractivity contribution in [3.05, 3.63) is 117 Å². The number of carbonyl (C=O) groups is 1. The van der Waals surface area contributed by atoms with Gasteiger partial charge in [-0.2, -0.15) is 0 Å². The second-order valence-electron chi connectivity index (χ2n) is 11.3. The fourth-order valence-electron chi connectivity index (χ4n) is 6.32. The second kappa shape index (κ2) is 11.1. The number of benzene rings is 3. The number of carboxylic acids is 1. The van der Waals surface area contributed by atoms with Gasteiger partial charge in [0, 0.05) is 12.1 Å². The Labute approximate surface area is 268 Å². The van der Waals surface area contributed by atoms with Crippen molar-refractivity contribution in [2.75, 3.05) is 0 Å². The smallest absolute Gasteiger partial charge is 0.335 e. The molecule has 3 aromatic carbocycles. The molecule has 2 saturated heterocycles. The summed E-state index contributed by atoms with van der Waals surface area (Å²) >= 11 is 19.3. The first-order valence-electron chi connectivity index (χ1n) is 14.0. The van der Waals surface area contributed by atoms with Gasteiger partial charge in [-0.15, -0.1) is 0 Å². The van der Waals surface area contributed by atoms with Crippen LogP contribution in [0.1, 0.15) is 47.5 Å². The lowest BCUT2D eigenvalue weighted by molar-refractivity contribution is -0.197. The van der Waals surface area contributed by atoms with Gasteiger partial charge in [-0.05, 0) is 66.4 Å². The zero-order valence-electron chi connectivity index (χ0n) is 23.5.